The number of halogens is 3. The smallest absolute Gasteiger partial charge is 0.125 e. The zero-order valence-corrected chi connectivity index (χ0v) is 11.4. The first-order chi connectivity index (χ1) is 7.45. The molecule has 0 saturated heterocycles. The van der Waals surface area contributed by atoms with E-state index in [1.54, 1.807) is 6.07 Å². The minimum Gasteiger partial charge on any atom is -0.391 e. The van der Waals surface area contributed by atoms with Crippen molar-refractivity contribution in [2.75, 3.05) is 0 Å². The predicted molar refractivity (Wildman–Crippen MR) is 71.0 cm³/mol. The van der Waals surface area contributed by atoms with Gasteiger partial charge in [-0.3, -0.25) is 0 Å². The SMILES string of the molecule is CCC(C)[C@H](O)[C@H](N)c1cc(F)cc(Cl)c1.Cl. The van der Waals surface area contributed by atoms with Gasteiger partial charge in [0.05, 0.1) is 12.1 Å². The lowest BCUT2D eigenvalue weighted by Gasteiger charge is -2.24. The lowest BCUT2D eigenvalue weighted by Crippen LogP contribution is -2.31. The minimum absolute atomic E-state index is 0. The molecular weight excluding hydrogens is 264 g/mol. The van der Waals surface area contributed by atoms with E-state index in [0.717, 1.165) is 6.42 Å². The fourth-order valence-corrected chi connectivity index (χ4v) is 1.79. The van der Waals surface area contributed by atoms with Crippen molar-refractivity contribution in [3.05, 3.63) is 34.6 Å². The molecule has 3 N–H and O–H groups in total. The third-order valence-corrected chi connectivity index (χ3v) is 3.08. The largest absolute Gasteiger partial charge is 0.391 e. The molecule has 0 aromatic heterocycles. The molecule has 17 heavy (non-hydrogen) atoms. The summed E-state index contributed by atoms with van der Waals surface area (Å²) in [4.78, 5) is 0. The molecule has 2 nitrogen and oxygen atoms in total. The van der Waals surface area contributed by atoms with Crippen molar-refractivity contribution in [2.45, 2.75) is 32.4 Å². The summed E-state index contributed by atoms with van der Waals surface area (Å²) in [5.74, 6) is -0.369. The van der Waals surface area contributed by atoms with Crippen molar-refractivity contribution in [3.8, 4) is 0 Å². The monoisotopic (exact) mass is 281 g/mol. The first kappa shape index (κ1) is 16.6. The highest BCUT2D eigenvalue weighted by molar-refractivity contribution is 6.30. The van der Waals surface area contributed by atoms with Gasteiger partial charge in [0.1, 0.15) is 5.82 Å². The van der Waals surface area contributed by atoms with E-state index in [1.807, 2.05) is 13.8 Å². The molecule has 1 aromatic rings. The van der Waals surface area contributed by atoms with Crippen LogP contribution >= 0.6 is 24.0 Å². The van der Waals surface area contributed by atoms with Gasteiger partial charge in [-0.2, -0.15) is 0 Å². The van der Waals surface area contributed by atoms with Crippen LogP contribution in [0.2, 0.25) is 5.02 Å². The Kier molecular flexibility index (Phi) is 7.02. The van der Waals surface area contributed by atoms with Gasteiger partial charge in [-0.15, -0.1) is 12.4 Å². The third kappa shape index (κ3) is 4.43. The number of aliphatic hydroxyl groups excluding tert-OH is 1. The van der Waals surface area contributed by atoms with E-state index in [9.17, 15) is 9.50 Å². The molecule has 3 atom stereocenters. The molecular formula is C12H18Cl2FNO. The van der Waals surface area contributed by atoms with Crippen LogP contribution in [0.5, 0.6) is 0 Å². The Morgan fingerprint density at radius 2 is 2.00 bits per heavy atom. The van der Waals surface area contributed by atoms with Gasteiger partial charge in [-0.05, 0) is 29.7 Å². The van der Waals surface area contributed by atoms with Crippen molar-refractivity contribution >= 4 is 24.0 Å². The molecule has 0 fully saturated rings. The number of benzene rings is 1. The number of nitrogens with two attached hydrogens (primary N) is 1. The molecule has 1 unspecified atom stereocenters. The Labute approximate surface area is 112 Å². The molecule has 0 amide bonds. The van der Waals surface area contributed by atoms with E-state index in [2.05, 4.69) is 0 Å². The van der Waals surface area contributed by atoms with Gasteiger partial charge in [-0.25, -0.2) is 4.39 Å². The predicted octanol–water partition coefficient (Wildman–Crippen LogP) is 3.31. The first-order valence-electron chi connectivity index (χ1n) is 5.35. The summed E-state index contributed by atoms with van der Waals surface area (Å²) in [6.07, 6.45) is 0.126. The maximum Gasteiger partial charge on any atom is 0.125 e. The Morgan fingerprint density at radius 3 is 2.47 bits per heavy atom. The summed E-state index contributed by atoms with van der Waals surface area (Å²) in [7, 11) is 0. The second-order valence-corrected chi connectivity index (χ2v) is 4.54. The zero-order chi connectivity index (χ0) is 12.3. The molecule has 0 aliphatic rings. The Hall–Kier alpha value is -0.350. The van der Waals surface area contributed by atoms with Crippen LogP contribution in [0.25, 0.3) is 0 Å². The standard InChI is InChI=1S/C12H17ClFNO.ClH/c1-3-7(2)12(16)11(15)8-4-9(13)6-10(14)5-8;/h4-7,11-12,16H,3,15H2,1-2H3;1H/t7?,11-,12+;/m1./s1. The van der Waals surface area contributed by atoms with Crippen LogP contribution < -0.4 is 5.73 Å². The highest BCUT2D eigenvalue weighted by atomic mass is 35.5. The summed E-state index contributed by atoms with van der Waals surface area (Å²) in [6.45, 7) is 3.88. The molecule has 0 saturated carbocycles. The van der Waals surface area contributed by atoms with Crippen molar-refractivity contribution < 1.29 is 9.50 Å². The molecule has 0 bridgehead atoms. The average molecular weight is 282 g/mol. The van der Waals surface area contributed by atoms with Crippen LogP contribution in [-0.2, 0) is 0 Å². The highest BCUT2D eigenvalue weighted by Crippen LogP contribution is 2.24. The molecule has 0 spiro atoms. The van der Waals surface area contributed by atoms with Crippen molar-refractivity contribution in [1.29, 1.82) is 0 Å². The second-order valence-electron chi connectivity index (χ2n) is 4.10. The molecule has 0 heterocycles. The van der Waals surface area contributed by atoms with Crippen LogP contribution in [0.4, 0.5) is 4.39 Å². The third-order valence-electron chi connectivity index (χ3n) is 2.86. The van der Waals surface area contributed by atoms with E-state index < -0.39 is 18.0 Å². The van der Waals surface area contributed by atoms with Crippen LogP contribution in [0.3, 0.4) is 0 Å². The number of rotatable bonds is 4. The van der Waals surface area contributed by atoms with Gasteiger partial charge in [0.25, 0.3) is 0 Å². The van der Waals surface area contributed by atoms with Crippen molar-refractivity contribution in [2.24, 2.45) is 11.7 Å². The number of aliphatic hydroxyl groups is 1. The topological polar surface area (TPSA) is 46.2 Å². The number of hydrogen-bond acceptors (Lipinski definition) is 2. The van der Waals surface area contributed by atoms with Gasteiger partial charge in [0.2, 0.25) is 0 Å². The first-order valence-corrected chi connectivity index (χ1v) is 5.73. The Morgan fingerprint density at radius 1 is 1.41 bits per heavy atom. The molecule has 98 valence electrons. The Bertz CT molecular complexity index is 342. The van der Waals surface area contributed by atoms with Crippen molar-refractivity contribution in [1.82, 2.24) is 0 Å². The van der Waals surface area contributed by atoms with Gasteiger partial charge in [0.15, 0.2) is 0 Å². The molecule has 5 heteroatoms. The quantitative estimate of drug-likeness (QED) is 0.890. The lowest BCUT2D eigenvalue weighted by molar-refractivity contribution is 0.0879. The van der Waals surface area contributed by atoms with Gasteiger partial charge >= 0.3 is 0 Å². The average Bonchev–Trinajstić information content (AvgIpc) is 2.24. The number of hydrogen-bond donors (Lipinski definition) is 2. The van der Waals surface area contributed by atoms with Crippen LogP contribution in [0, 0.1) is 11.7 Å². The van der Waals surface area contributed by atoms with Gasteiger partial charge in [-0.1, -0.05) is 31.9 Å². The van der Waals surface area contributed by atoms with Gasteiger partial charge < -0.3 is 10.8 Å². The molecule has 1 rings (SSSR count). The fraction of sp³-hybridized carbons (Fsp3) is 0.500. The van der Waals surface area contributed by atoms with E-state index in [0.29, 0.717) is 10.6 Å². The van der Waals surface area contributed by atoms with Crippen LogP contribution in [0.15, 0.2) is 18.2 Å². The van der Waals surface area contributed by atoms with E-state index in [1.165, 1.54) is 12.1 Å². The summed E-state index contributed by atoms with van der Waals surface area (Å²) >= 11 is 5.74. The van der Waals surface area contributed by atoms with Gasteiger partial charge in [0, 0.05) is 5.02 Å². The van der Waals surface area contributed by atoms with E-state index in [4.69, 9.17) is 17.3 Å². The molecule has 0 aliphatic carbocycles. The summed E-state index contributed by atoms with van der Waals surface area (Å²) in [5.41, 5.74) is 6.40. The lowest BCUT2D eigenvalue weighted by atomic mass is 9.91. The summed E-state index contributed by atoms with van der Waals surface area (Å²) in [5, 5.41) is 10.2. The summed E-state index contributed by atoms with van der Waals surface area (Å²) < 4.78 is 13.1. The maximum absolute atomic E-state index is 13.1. The normalized spacial score (nSPS) is 15.9. The zero-order valence-electron chi connectivity index (χ0n) is 9.86. The molecule has 0 aliphatic heterocycles. The second kappa shape index (κ2) is 7.17. The van der Waals surface area contributed by atoms with Crippen molar-refractivity contribution in [3.63, 3.8) is 0 Å². The minimum atomic E-state index is -0.692. The van der Waals surface area contributed by atoms with E-state index >= 15 is 0 Å². The maximum atomic E-state index is 13.1. The highest BCUT2D eigenvalue weighted by Gasteiger charge is 2.22. The summed E-state index contributed by atoms with van der Waals surface area (Å²) in [6, 6.07) is 3.50. The molecule has 0 radical (unpaired) electrons. The van der Waals surface area contributed by atoms with Crippen LogP contribution in [-0.4, -0.2) is 11.2 Å². The fourth-order valence-electron chi connectivity index (χ4n) is 1.56. The van der Waals surface area contributed by atoms with E-state index in [-0.39, 0.29) is 18.3 Å². The molecule has 1 aromatic carbocycles. The Balaban J connectivity index is 0.00000256. The van der Waals surface area contributed by atoms with Crippen LogP contribution in [0.1, 0.15) is 31.9 Å².